The maximum Gasteiger partial charge on any atom is 0.254 e. The highest BCUT2D eigenvalue weighted by molar-refractivity contribution is 9.09. The number of aryl methyl sites for hydroxylation is 1. The van der Waals surface area contributed by atoms with Crippen LogP contribution in [0.15, 0.2) is 18.3 Å². The zero-order valence-electron chi connectivity index (χ0n) is 10.1. The van der Waals surface area contributed by atoms with Crippen molar-refractivity contribution in [3.05, 3.63) is 29.6 Å². The minimum absolute atomic E-state index is 0.0204. The fourth-order valence-corrected chi connectivity index (χ4v) is 1.91. The normalized spacial score (nSPS) is 10.3. The first-order chi connectivity index (χ1) is 8.19. The molecule has 1 amide bonds. The average molecular weight is 301 g/mol. The van der Waals surface area contributed by atoms with Crippen molar-refractivity contribution in [2.45, 2.75) is 6.92 Å². The second-order valence-corrected chi connectivity index (χ2v) is 4.45. The molecule has 1 aromatic rings. The third-order valence-electron chi connectivity index (χ3n) is 2.35. The molecule has 0 bridgehead atoms. The number of amides is 1. The lowest BCUT2D eigenvalue weighted by Crippen LogP contribution is -2.35. The summed E-state index contributed by atoms with van der Waals surface area (Å²) in [6.07, 6.45) is 1.66. The van der Waals surface area contributed by atoms with Crippen molar-refractivity contribution < 1.29 is 9.53 Å². The molecule has 4 nitrogen and oxygen atoms in total. The molecule has 17 heavy (non-hydrogen) atoms. The molecule has 0 fully saturated rings. The van der Waals surface area contributed by atoms with E-state index in [0.29, 0.717) is 25.3 Å². The number of ether oxygens (including phenoxy) is 1. The van der Waals surface area contributed by atoms with Crippen molar-refractivity contribution >= 4 is 21.8 Å². The SMILES string of the molecule is COCCN(CCBr)C(=O)c1ccnc(C)c1. The molecule has 0 aliphatic heterocycles. The molecule has 1 heterocycles. The Labute approximate surface area is 110 Å². The largest absolute Gasteiger partial charge is 0.383 e. The Morgan fingerprint density at radius 1 is 1.53 bits per heavy atom. The maximum absolute atomic E-state index is 12.2. The highest BCUT2D eigenvalue weighted by atomic mass is 79.9. The molecule has 0 aliphatic carbocycles. The van der Waals surface area contributed by atoms with Gasteiger partial charge in [-0.3, -0.25) is 9.78 Å². The van der Waals surface area contributed by atoms with Gasteiger partial charge in [-0.1, -0.05) is 15.9 Å². The van der Waals surface area contributed by atoms with E-state index in [-0.39, 0.29) is 5.91 Å². The van der Waals surface area contributed by atoms with E-state index in [0.717, 1.165) is 11.0 Å². The Hall–Kier alpha value is -0.940. The van der Waals surface area contributed by atoms with Crippen LogP contribution in [0.5, 0.6) is 0 Å². The Balaban J connectivity index is 2.76. The van der Waals surface area contributed by atoms with Crippen LogP contribution in [0.3, 0.4) is 0 Å². The van der Waals surface area contributed by atoms with Crippen LogP contribution < -0.4 is 0 Å². The maximum atomic E-state index is 12.2. The summed E-state index contributed by atoms with van der Waals surface area (Å²) >= 11 is 3.35. The average Bonchev–Trinajstić information content (AvgIpc) is 2.33. The molecule has 0 aromatic carbocycles. The van der Waals surface area contributed by atoms with Gasteiger partial charge >= 0.3 is 0 Å². The van der Waals surface area contributed by atoms with Gasteiger partial charge in [0.05, 0.1) is 6.61 Å². The Kier molecular flexibility index (Phi) is 6.15. The number of pyridine rings is 1. The molecule has 5 heteroatoms. The highest BCUT2D eigenvalue weighted by Gasteiger charge is 2.14. The summed E-state index contributed by atoms with van der Waals surface area (Å²) in [5.41, 5.74) is 1.52. The molecule has 94 valence electrons. The topological polar surface area (TPSA) is 42.4 Å². The number of hydrogen-bond acceptors (Lipinski definition) is 3. The molecule has 0 saturated carbocycles. The van der Waals surface area contributed by atoms with Gasteiger partial charge in [0.15, 0.2) is 0 Å². The summed E-state index contributed by atoms with van der Waals surface area (Å²) in [4.78, 5) is 18.1. The third kappa shape index (κ3) is 4.44. The number of carbonyl (C=O) groups excluding carboxylic acids is 1. The van der Waals surface area contributed by atoms with Gasteiger partial charge in [-0.2, -0.15) is 0 Å². The first-order valence-electron chi connectivity index (χ1n) is 5.46. The van der Waals surface area contributed by atoms with Gasteiger partial charge in [0.2, 0.25) is 0 Å². The van der Waals surface area contributed by atoms with Gasteiger partial charge < -0.3 is 9.64 Å². The van der Waals surface area contributed by atoms with Gasteiger partial charge in [0, 0.05) is 43.0 Å². The fraction of sp³-hybridized carbons (Fsp3) is 0.500. The lowest BCUT2D eigenvalue weighted by molar-refractivity contribution is 0.0708. The standard InChI is InChI=1S/C12H17BrN2O2/c1-10-9-11(3-5-14-10)12(16)15(6-4-13)7-8-17-2/h3,5,9H,4,6-8H2,1-2H3. The molecule has 0 saturated heterocycles. The summed E-state index contributed by atoms with van der Waals surface area (Å²) in [7, 11) is 1.63. The Morgan fingerprint density at radius 2 is 2.29 bits per heavy atom. The molecular weight excluding hydrogens is 284 g/mol. The summed E-state index contributed by atoms with van der Waals surface area (Å²) < 4.78 is 5.01. The van der Waals surface area contributed by atoms with E-state index in [4.69, 9.17) is 4.74 Å². The van der Waals surface area contributed by atoms with Crippen LogP contribution in [0.1, 0.15) is 16.1 Å². The van der Waals surface area contributed by atoms with E-state index >= 15 is 0 Å². The molecular formula is C12H17BrN2O2. The van der Waals surface area contributed by atoms with Crippen molar-refractivity contribution in [1.82, 2.24) is 9.88 Å². The number of hydrogen-bond donors (Lipinski definition) is 0. The van der Waals surface area contributed by atoms with E-state index < -0.39 is 0 Å². The number of carbonyl (C=O) groups is 1. The van der Waals surface area contributed by atoms with E-state index in [1.165, 1.54) is 0 Å². The van der Waals surface area contributed by atoms with Crippen molar-refractivity contribution in [2.24, 2.45) is 0 Å². The number of methoxy groups -OCH3 is 1. The van der Waals surface area contributed by atoms with E-state index in [9.17, 15) is 4.79 Å². The van der Waals surface area contributed by atoms with E-state index in [2.05, 4.69) is 20.9 Å². The van der Waals surface area contributed by atoms with Crippen LogP contribution in [0.25, 0.3) is 0 Å². The molecule has 0 N–H and O–H groups in total. The monoisotopic (exact) mass is 300 g/mol. The van der Waals surface area contributed by atoms with Crippen LogP contribution >= 0.6 is 15.9 Å². The van der Waals surface area contributed by atoms with Crippen LogP contribution in [0, 0.1) is 6.92 Å². The molecule has 0 aliphatic rings. The van der Waals surface area contributed by atoms with Gasteiger partial charge in [-0.25, -0.2) is 0 Å². The molecule has 1 rings (SSSR count). The number of aromatic nitrogens is 1. The van der Waals surface area contributed by atoms with Crippen molar-refractivity contribution in [1.29, 1.82) is 0 Å². The van der Waals surface area contributed by atoms with Crippen molar-refractivity contribution in [3.8, 4) is 0 Å². The van der Waals surface area contributed by atoms with E-state index in [1.54, 1.807) is 30.3 Å². The summed E-state index contributed by atoms with van der Waals surface area (Å²) in [6, 6.07) is 3.54. The zero-order valence-corrected chi connectivity index (χ0v) is 11.7. The first kappa shape index (κ1) is 14.1. The van der Waals surface area contributed by atoms with Crippen LogP contribution in [0.4, 0.5) is 0 Å². The van der Waals surface area contributed by atoms with Gasteiger partial charge in [-0.05, 0) is 19.1 Å². The molecule has 0 atom stereocenters. The predicted octanol–water partition coefficient (Wildman–Crippen LogP) is 1.87. The lowest BCUT2D eigenvalue weighted by Gasteiger charge is -2.21. The van der Waals surface area contributed by atoms with Gasteiger partial charge in [0.25, 0.3) is 5.91 Å². The molecule has 0 spiro atoms. The third-order valence-corrected chi connectivity index (χ3v) is 2.71. The number of nitrogens with zero attached hydrogens (tertiary/aromatic N) is 2. The second kappa shape index (κ2) is 7.40. The van der Waals surface area contributed by atoms with Crippen LogP contribution in [-0.2, 0) is 4.74 Å². The molecule has 0 unspecified atom stereocenters. The minimum Gasteiger partial charge on any atom is -0.383 e. The van der Waals surface area contributed by atoms with Crippen molar-refractivity contribution in [3.63, 3.8) is 0 Å². The Morgan fingerprint density at radius 3 is 2.88 bits per heavy atom. The second-order valence-electron chi connectivity index (χ2n) is 3.66. The number of rotatable bonds is 6. The van der Waals surface area contributed by atoms with Gasteiger partial charge in [0.1, 0.15) is 0 Å². The first-order valence-corrected chi connectivity index (χ1v) is 6.58. The van der Waals surface area contributed by atoms with Crippen LogP contribution in [0.2, 0.25) is 0 Å². The van der Waals surface area contributed by atoms with Crippen molar-refractivity contribution in [2.75, 3.05) is 32.1 Å². The highest BCUT2D eigenvalue weighted by Crippen LogP contribution is 2.06. The predicted molar refractivity (Wildman–Crippen MR) is 70.5 cm³/mol. The molecule has 0 radical (unpaired) electrons. The number of halogens is 1. The quantitative estimate of drug-likeness (QED) is 0.753. The lowest BCUT2D eigenvalue weighted by atomic mass is 10.2. The minimum atomic E-state index is 0.0204. The van der Waals surface area contributed by atoms with E-state index in [1.807, 2.05) is 6.92 Å². The Bertz CT molecular complexity index is 371. The summed E-state index contributed by atoms with van der Waals surface area (Å²) in [5, 5.41) is 0.756. The number of alkyl halides is 1. The fourth-order valence-electron chi connectivity index (χ4n) is 1.48. The summed E-state index contributed by atoms with van der Waals surface area (Å²) in [5.74, 6) is 0.0204. The van der Waals surface area contributed by atoms with Gasteiger partial charge in [-0.15, -0.1) is 0 Å². The smallest absolute Gasteiger partial charge is 0.254 e. The zero-order chi connectivity index (χ0) is 12.7. The van der Waals surface area contributed by atoms with Crippen LogP contribution in [-0.4, -0.2) is 47.9 Å². The summed E-state index contributed by atoms with van der Waals surface area (Å²) in [6.45, 7) is 3.69. The molecule has 1 aromatic heterocycles.